The van der Waals surface area contributed by atoms with Crippen LogP contribution in [0.25, 0.3) is 5.57 Å². The van der Waals surface area contributed by atoms with E-state index in [4.69, 9.17) is 0 Å². The van der Waals surface area contributed by atoms with Gasteiger partial charge in [0, 0.05) is 30.3 Å². The molecule has 0 radical (unpaired) electrons. The first-order valence-electron chi connectivity index (χ1n) is 8.14. The van der Waals surface area contributed by atoms with E-state index in [1.165, 1.54) is 30.3 Å². The van der Waals surface area contributed by atoms with Crippen molar-refractivity contribution in [3.8, 4) is 0 Å². The fraction of sp³-hybridized carbons (Fsp3) is 0.200. The first kappa shape index (κ1) is 19.3. The van der Waals surface area contributed by atoms with Crippen molar-refractivity contribution in [2.75, 3.05) is 13.1 Å². The SMILES string of the molecule is C/C(=C/C(=O)NCCNC(=O)c1ccc(C)c(F)c1)c1ccccc1F. The van der Waals surface area contributed by atoms with E-state index in [-0.39, 0.29) is 24.6 Å². The van der Waals surface area contributed by atoms with Gasteiger partial charge in [-0.3, -0.25) is 9.59 Å². The first-order valence-corrected chi connectivity index (χ1v) is 8.14. The molecule has 0 aliphatic carbocycles. The second kappa shape index (κ2) is 8.89. The Labute approximate surface area is 150 Å². The Morgan fingerprint density at radius 2 is 1.69 bits per heavy atom. The minimum atomic E-state index is -0.445. The summed E-state index contributed by atoms with van der Waals surface area (Å²) in [6, 6.07) is 10.4. The highest BCUT2D eigenvalue weighted by Gasteiger charge is 2.08. The number of carbonyl (C=O) groups is 2. The van der Waals surface area contributed by atoms with Gasteiger partial charge >= 0.3 is 0 Å². The summed E-state index contributed by atoms with van der Waals surface area (Å²) in [6.07, 6.45) is 1.30. The Morgan fingerprint density at radius 3 is 2.38 bits per heavy atom. The van der Waals surface area contributed by atoms with Crippen LogP contribution in [0.4, 0.5) is 8.78 Å². The van der Waals surface area contributed by atoms with Crippen molar-refractivity contribution in [3.05, 3.63) is 76.9 Å². The van der Waals surface area contributed by atoms with E-state index in [1.54, 1.807) is 32.0 Å². The number of nitrogens with one attached hydrogen (secondary N) is 2. The number of aryl methyl sites for hydroxylation is 1. The maximum Gasteiger partial charge on any atom is 0.251 e. The van der Waals surface area contributed by atoms with Crippen LogP contribution in [0.2, 0.25) is 0 Å². The molecule has 0 heterocycles. The topological polar surface area (TPSA) is 58.2 Å². The molecular weight excluding hydrogens is 338 g/mol. The van der Waals surface area contributed by atoms with Crippen molar-refractivity contribution >= 4 is 17.4 Å². The molecule has 0 atom stereocenters. The summed E-state index contributed by atoms with van der Waals surface area (Å²) in [4.78, 5) is 23.8. The van der Waals surface area contributed by atoms with Crippen LogP contribution in [0.5, 0.6) is 0 Å². The molecule has 0 saturated carbocycles. The number of halogens is 2. The predicted octanol–water partition coefficient (Wildman–Crippen LogP) is 3.22. The van der Waals surface area contributed by atoms with Gasteiger partial charge in [0.05, 0.1) is 0 Å². The molecule has 0 unspecified atom stereocenters. The number of hydrogen-bond acceptors (Lipinski definition) is 2. The molecular formula is C20H20F2N2O2. The molecule has 2 aromatic carbocycles. The van der Waals surface area contributed by atoms with Crippen LogP contribution in [-0.4, -0.2) is 24.9 Å². The van der Waals surface area contributed by atoms with E-state index in [2.05, 4.69) is 10.6 Å². The van der Waals surface area contributed by atoms with E-state index in [0.717, 1.165) is 0 Å². The van der Waals surface area contributed by atoms with Crippen molar-refractivity contribution in [1.29, 1.82) is 0 Å². The van der Waals surface area contributed by atoms with Gasteiger partial charge in [0.15, 0.2) is 0 Å². The molecule has 136 valence electrons. The average Bonchev–Trinajstić information content (AvgIpc) is 2.61. The van der Waals surface area contributed by atoms with Crippen LogP contribution in [0, 0.1) is 18.6 Å². The maximum absolute atomic E-state index is 13.7. The molecule has 6 heteroatoms. The van der Waals surface area contributed by atoms with Gasteiger partial charge in [0.2, 0.25) is 5.91 Å². The summed E-state index contributed by atoms with van der Waals surface area (Å²) in [7, 11) is 0. The third kappa shape index (κ3) is 5.24. The number of amides is 2. The fourth-order valence-corrected chi connectivity index (χ4v) is 2.30. The first-order chi connectivity index (χ1) is 12.4. The molecule has 26 heavy (non-hydrogen) atoms. The summed E-state index contributed by atoms with van der Waals surface area (Å²) in [6.45, 7) is 3.64. The number of benzene rings is 2. The van der Waals surface area contributed by atoms with Gasteiger partial charge in [-0.2, -0.15) is 0 Å². The summed E-state index contributed by atoms with van der Waals surface area (Å²) in [5, 5.41) is 5.20. The third-order valence-electron chi connectivity index (χ3n) is 3.79. The van der Waals surface area contributed by atoms with Gasteiger partial charge in [-0.05, 0) is 43.2 Å². The minimum absolute atomic E-state index is 0.187. The lowest BCUT2D eigenvalue weighted by atomic mass is 10.1. The molecule has 0 aliphatic heterocycles. The number of allylic oxidation sites excluding steroid dienone is 1. The molecule has 2 amide bonds. The van der Waals surface area contributed by atoms with Gasteiger partial charge in [-0.25, -0.2) is 8.78 Å². The number of rotatable bonds is 6. The normalized spacial score (nSPS) is 11.2. The van der Waals surface area contributed by atoms with Crippen LogP contribution in [0.3, 0.4) is 0 Å². The summed E-state index contributed by atoms with van der Waals surface area (Å²) >= 11 is 0. The lowest BCUT2D eigenvalue weighted by Crippen LogP contribution is -2.34. The molecule has 4 nitrogen and oxygen atoms in total. The highest BCUT2D eigenvalue weighted by Crippen LogP contribution is 2.16. The van der Waals surface area contributed by atoms with Crippen molar-refractivity contribution in [2.45, 2.75) is 13.8 Å². The number of carbonyl (C=O) groups excluding carboxylic acids is 2. The van der Waals surface area contributed by atoms with E-state index in [0.29, 0.717) is 16.7 Å². The van der Waals surface area contributed by atoms with Crippen LogP contribution in [0.1, 0.15) is 28.4 Å². The largest absolute Gasteiger partial charge is 0.351 e. The highest BCUT2D eigenvalue weighted by molar-refractivity contribution is 5.95. The average molecular weight is 358 g/mol. The van der Waals surface area contributed by atoms with Gasteiger partial charge in [-0.1, -0.05) is 24.3 Å². The van der Waals surface area contributed by atoms with Crippen LogP contribution in [0.15, 0.2) is 48.5 Å². The minimum Gasteiger partial charge on any atom is -0.351 e. The lowest BCUT2D eigenvalue weighted by Gasteiger charge is -2.07. The van der Waals surface area contributed by atoms with Gasteiger partial charge < -0.3 is 10.6 Å². The van der Waals surface area contributed by atoms with Crippen molar-refractivity contribution in [2.24, 2.45) is 0 Å². The molecule has 0 spiro atoms. The Balaban J connectivity index is 1.81. The van der Waals surface area contributed by atoms with Crippen molar-refractivity contribution in [3.63, 3.8) is 0 Å². The second-order valence-corrected chi connectivity index (χ2v) is 5.82. The number of hydrogen-bond donors (Lipinski definition) is 2. The Morgan fingerprint density at radius 1 is 1.00 bits per heavy atom. The smallest absolute Gasteiger partial charge is 0.251 e. The zero-order chi connectivity index (χ0) is 19.1. The van der Waals surface area contributed by atoms with E-state index in [9.17, 15) is 18.4 Å². The Bertz CT molecular complexity index is 847. The lowest BCUT2D eigenvalue weighted by molar-refractivity contribution is -0.116. The van der Waals surface area contributed by atoms with E-state index >= 15 is 0 Å². The van der Waals surface area contributed by atoms with Gasteiger partial charge in [0.1, 0.15) is 11.6 Å². The van der Waals surface area contributed by atoms with Gasteiger partial charge in [-0.15, -0.1) is 0 Å². The van der Waals surface area contributed by atoms with E-state index < -0.39 is 17.5 Å². The summed E-state index contributed by atoms with van der Waals surface area (Å²) in [5.41, 5.74) is 1.54. The molecule has 0 saturated heterocycles. The monoisotopic (exact) mass is 358 g/mol. The Hall–Kier alpha value is -3.02. The van der Waals surface area contributed by atoms with Crippen LogP contribution in [-0.2, 0) is 4.79 Å². The molecule has 0 fully saturated rings. The zero-order valence-electron chi connectivity index (χ0n) is 14.6. The summed E-state index contributed by atoms with van der Waals surface area (Å²) in [5.74, 6) is -1.65. The van der Waals surface area contributed by atoms with Crippen LogP contribution < -0.4 is 10.6 Å². The van der Waals surface area contributed by atoms with Gasteiger partial charge in [0.25, 0.3) is 5.91 Å². The molecule has 2 N–H and O–H groups in total. The van der Waals surface area contributed by atoms with Crippen molar-refractivity contribution < 1.29 is 18.4 Å². The van der Waals surface area contributed by atoms with Crippen molar-refractivity contribution in [1.82, 2.24) is 10.6 Å². The summed E-state index contributed by atoms with van der Waals surface area (Å²) < 4.78 is 27.1. The molecule has 0 aliphatic rings. The van der Waals surface area contributed by atoms with Crippen LogP contribution >= 0.6 is 0 Å². The standard InChI is InChI=1S/C20H20F2N2O2/c1-13-7-8-15(12-18(13)22)20(26)24-10-9-23-19(25)11-14(2)16-5-3-4-6-17(16)21/h3-8,11-12H,9-10H2,1-2H3,(H,23,25)(H,24,26)/b14-11-. The third-order valence-corrected chi connectivity index (χ3v) is 3.79. The zero-order valence-corrected chi connectivity index (χ0v) is 14.6. The molecule has 0 aromatic heterocycles. The second-order valence-electron chi connectivity index (χ2n) is 5.82. The molecule has 2 aromatic rings. The molecule has 0 bridgehead atoms. The maximum atomic E-state index is 13.7. The van der Waals surface area contributed by atoms with E-state index in [1.807, 2.05) is 0 Å². The fourth-order valence-electron chi connectivity index (χ4n) is 2.30. The quantitative estimate of drug-likeness (QED) is 0.615. The highest BCUT2D eigenvalue weighted by atomic mass is 19.1. The predicted molar refractivity (Wildman–Crippen MR) is 96.5 cm³/mol. The molecule has 2 rings (SSSR count). The Kier molecular flexibility index (Phi) is 6.60.